The molecule has 0 aliphatic heterocycles. The Labute approximate surface area is 145 Å². The van der Waals surface area contributed by atoms with Gasteiger partial charge in [0.05, 0.1) is 24.7 Å². The second kappa shape index (κ2) is 7.13. The second-order valence-electron chi connectivity index (χ2n) is 5.70. The lowest BCUT2D eigenvalue weighted by atomic mass is 9.98. The van der Waals surface area contributed by atoms with Crippen molar-refractivity contribution in [3.63, 3.8) is 0 Å². The van der Waals surface area contributed by atoms with Gasteiger partial charge in [0, 0.05) is 17.1 Å². The summed E-state index contributed by atoms with van der Waals surface area (Å²) in [5.74, 6) is -0.651. The molecule has 1 amide bonds. The first-order valence-electron chi connectivity index (χ1n) is 7.90. The van der Waals surface area contributed by atoms with Gasteiger partial charge < -0.3 is 10.1 Å². The quantitative estimate of drug-likeness (QED) is 0.741. The summed E-state index contributed by atoms with van der Waals surface area (Å²) in [5.41, 5.74) is 3.28. The average molecular weight is 334 g/mol. The number of anilines is 1. The summed E-state index contributed by atoms with van der Waals surface area (Å²) in [6.07, 6.45) is 1.74. The van der Waals surface area contributed by atoms with Gasteiger partial charge in [-0.05, 0) is 30.2 Å². The fourth-order valence-corrected chi connectivity index (χ4v) is 2.82. The molecule has 0 spiro atoms. The van der Waals surface area contributed by atoms with Gasteiger partial charge in [-0.2, -0.15) is 0 Å². The highest BCUT2D eigenvalue weighted by molar-refractivity contribution is 6.10. The molecule has 0 unspecified atom stereocenters. The SMILES string of the molecule is COC(=O)Cc1cccc(C)c1C(=O)Nc1cccc2cccnc12. The highest BCUT2D eigenvalue weighted by atomic mass is 16.5. The Balaban J connectivity index is 1.97. The number of carbonyl (C=O) groups excluding carboxylic acids is 2. The maximum atomic E-state index is 12.9. The summed E-state index contributed by atoms with van der Waals surface area (Å²) in [7, 11) is 1.33. The predicted octanol–water partition coefficient (Wildman–Crippen LogP) is 3.51. The number of aryl methyl sites for hydroxylation is 1. The topological polar surface area (TPSA) is 68.3 Å². The average Bonchev–Trinajstić information content (AvgIpc) is 2.62. The van der Waals surface area contributed by atoms with Gasteiger partial charge in [-0.1, -0.05) is 36.4 Å². The first kappa shape index (κ1) is 16.6. The Morgan fingerprint density at radius 2 is 1.84 bits per heavy atom. The molecule has 0 radical (unpaired) electrons. The van der Waals surface area contributed by atoms with E-state index >= 15 is 0 Å². The molecule has 0 bridgehead atoms. The number of pyridine rings is 1. The van der Waals surface area contributed by atoms with E-state index in [1.807, 2.05) is 49.4 Å². The van der Waals surface area contributed by atoms with E-state index < -0.39 is 0 Å². The number of hydrogen-bond acceptors (Lipinski definition) is 4. The molecule has 25 heavy (non-hydrogen) atoms. The number of nitrogens with zero attached hydrogens (tertiary/aromatic N) is 1. The normalized spacial score (nSPS) is 10.5. The summed E-state index contributed by atoms with van der Waals surface area (Å²) in [5, 5.41) is 3.86. The van der Waals surface area contributed by atoms with Gasteiger partial charge in [-0.3, -0.25) is 14.6 Å². The van der Waals surface area contributed by atoms with Crippen LogP contribution in [0.25, 0.3) is 10.9 Å². The van der Waals surface area contributed by atoms with Crippen molar-refractivity contribution < 1.29 is 14.3 Å². The van der Waals surface area contributed by atoms with Gasteiger partial charge >= 0.3 is 5.97 Å². The van der Waals surface area contributed by atoms with E-state index in [0.29, 0.717) is 16.8 Å². The molecule has 0 fully saturated rings. The number of methoxy groups -OCH3 is 1. The van der Waals surface area contributed by atoms with Crippen LogP contribution in [0.3, 0.4) is 0 Å². The van der Waals surface area contributed by atoms with E-state index in [0.717, 1.165) is 16.5 Å². The first-order valence-corrected chi connectivity index (χ1v) is 7.90. The molecule has 1 aromatic heterocycles. The molecule has 126 valence electrons. The largest absolute Gasteiger partial charge is 0.469 e. The van der Waals surface area contributed by atoms with Crippen LogP contribution in [-0.2, 0) is 16.0 Å². The third-order valence-corrected chi connectivity index (χ3v) is 4.03. The molecule has 5 nitrogen and oxygen atoms in total. The van der Waals surface area contributed by atoms with Crippen LogP contribution in [0, 0.1) is 6.92 Å². The molecule has 0 aliphatic carbocycles. The Morgan fingerprint density at radius 3 is 2.64 bits per heavy atom. The number of ether oxygens (including phenoxy) is 1. The Hall–Kier alpha value is -3.21. The van der Waals surface area contributed by atoms with Crippen molar-refractivity contribution in [2.45, 2.75) is 13.3 Å². The minimum atomic E-state index is -0.383. The molecule has 5 heteroatoms. The molecular formula is C20H18N2O3. The smallest absolute Gasteiger partial charge is 0.310 e. The lowest BCUT2D eigenvalue weighted by molar-refractivity contribution is -0.139. The van der Waals surface area contributed by atoms with Crippen molar-refractivity contribution >= 4 is 28.5 Å². The Bertz CT molecular complexity index is 945. The van der Waals surface area contributed by atoms with E-state index in [1.54, 1.807) is 12.3 Å². The van der Waals surface area contributed by atoms with Crippen molar-refractivity contribution in [1.29, 1.82) is 0 Å². The van der Waals surface area contributed by atoms with Crippen LogP contribution in [0.4, 0.5) is 5.69 Å². The highest BCUT2D eigenvalue weighted by Gasteiger charge is 2.17. The fraction of sp³-hybridized carbons (Fsp3) is 0.150. The van der Waals surface area contributed by atoms with Gasteiger partial charge in [0.1, 0.15) is 0 Å². The van der Waals surface area contributed by atoms with Crippen molar-refractivity contribution in [3.8, 4) is 0 Å². The monoisotopic (exact) mass is 334 g/mol. The van der Waals surface area contributed by atoms with Gasteiger partial charge in [-0.15, -0.1) is 0 Å². The van der Waals surface area contributed by atoms with Crippen molar-refractivity contribution in [1.82, 2.24) is 4.98 Å². The molecule has 2 aromatic carbocycles. The molecule has 1 heterocycles. The second-order valence-corrected chi connectivity index (χ2v) is 5.70. The fourth-order valence-electron chi connectivity index (χ4n) is 2.82. The number of carbonyl (C=O) groups is 2. The molecule has 1 N–H and O–H groups in total. The zero-order valence-corrected chi connectivity index (χ0v) is 14.1. The van der Waals surface area contributed by atoms with Crippen LogP contribution in [0.1, 0.15) is 21.5 Å². The molecular weight excluding hydrogens is 316 g/mol. The van der Waals surface area contributed by atoms with E-state index in [-0.39, 0.29) is 18.3 Å². The zero-order valence-electron chi connectivity index (χ0n) is 14.1. The minimum absolute atomic E-state index is 0.0503. The van der Waals surface area contributed by atoms with Crippen molar-refractivity contribution in [3.05, 3.63) is 71.4 Å². The molecule has 0 atom stereocenters. The number of hydrogen-bond donors (Lipinski definition) is 1. The lowest BCUT2D eigenvalue weighted by Gasteiger charge is -2.13. The summed E-state index contributed by atoms with van der Waals surface area (Å²) < 4.78 is 4.72. The first-order chi connectivity index (χ1) is 12.1. The zero-order chi connectivity index (χ0) is 17.8. The molecule has 3 aromatic rings. The summed E-state index contributed by atoms with van der Waals surface area (Å²) in [6, 6.07) is 14.8. The van der Waals surface area contributed by atoms with Gasteiger partial charge in [-0.25, -0.2) is 0 Å². The van der Waals surface area contributed by atoms with Crippen LogP contribution in [-0.4, -0.2) is 24.0 Å². The number of esters is 1. The highest BCUT2D eigenvalue weighted by Crippen LogP contribution is 2.23. The predicted molar refractivity (Wildman–Crippen MR) is 96.6 cm³/mol. The maximum Gasteiger partial charge on any atom is 0.310 e. The number of nitrogens with one attached hydrogen (secondary N) is 1. The van der Waals surface area contributed by atoms with Gasteiger partial charge in [0.15, 0.2) is 0 Å². The third-order valence-electron chi connectivity index (χ3n) is 4.03. The summed E-state index contributed by atoms with van der Waals surface area (Å²) in [6.45, 7) is 1.84. The summed E-state index contributed by atoms with van der Waals surface area (Å²) >= 11 is 0. The van der Waals surface area contributed by atoms with E-state index in [9.17, 15) is 9.59 Å². The lowest BCUT2D eigenvalue weighted by Crippen LogP contribution is -2.18. The van der Waals surface area contributed by atoms with Crippen molar-refractivity contribution in [2.75, 3.05) is 12.4 Å². The minimum Gasteiger partial charge on any atom is -0.469 e. The van der Waals surface area contributed by atoms with E-state index in [4.69, 9.17) is 4.74 Å². The van der Waals surface area contributed by atoms with Crippen LogP contribution in [0.5, 0.6) is 0 Å². The Kier molecular flexibility index (Phi) is 4.75. The summed E-state index contributed by atoms with van der Waals surface area (Å²) in [4.78, 5) is 28.9. The number of para-hydroxylation sites is 1. The third kappa shape index (κ3) is 3.50. The molecule has 3 rings (SSSR count). The molecule has 0 aliphatic rings. The van der Waals surface area contributed by atoms with Crippen molar-refractivity contribution in [2.24, 2.45) is 0 Å². The number of benzene rings is 2. The number of aromatic nitrogens is 1. The standard InChI is InChI=1S/C20H18N2O3/c1-13-6-3-8-15(12-17(23)25-2)18(13)20(24)22-16-10-4-7-14-9-5-11-21-19(14)16/h3-11H,12H2,1-2H3,(H,22,24). The Morgan fingerprint density at radius 1 is 1.08 bits per heavy atom. The number of fused-ring (bicyclic) bond motifs is 1. The van der Waals surface area contributed by atoms with Crippen LogP contribution in [0.2, 0.25) is 0 Å². The van der Waals surface area contributed by atoms with Gasteiger partial charge in [0.2, 0.25) is 0 Å². The molecule has 0 saturated heterocycles. The number of amides is 1. The van der Waals surface area contributed by atoms with Crippen LogP contribution < -0.4 is 5.32 Å². The van der Waals surface area contributed by atoms with Gasteiger partial charge in [0.25, 0.3) is 5.91 Å². The van der Waals surface area contributed by atoms with Crippen LogP contribution >= 0.6 is 0 Å². The number of rotatable bonds is 4. The van der Waals surface area contributed by atoms with E-state index in [1.165, 1.54) is 7.11 Å². The van der Waals surface area contributed by atoms with E-state index in [2.05, 4.69) is 10.3 Å². The van der Waals surface area contributed by atoms with Crippen LogP contribution in [0.15, 0.2) is 54.7 Å². The molecule has 0 saturated carbocycles. The maximum absolute atomic E-state index is 12.9.